The average Bonchev–Trinajstić information content (AvgIpc) is 4.25. The molecule has 6 atom stereocenters. The summed E-state index contributed by atoms with van der Waals surface area (Å²) >= 11 is 0. The van der Waals surface area contributed by atoms with Crippen molar-refractivity contribution >= 4 is 0 Å². The minimum Gasteiger partial charge on any atom is -0.388 e. The third kappa shape index (κ3) is 29.8. The molecule has 0 aromatic carbocycles. The predicted octanol–water partition coefficient (Wildman–Crippen LogP) is 20.3. The second kappa shape index (κ2) is 41.2. The Balaban J connectivity index is 0.000000920. The van der Waals surface area contributed by atoms with E-state index in [-0.39, 0.29) is 7.43 Å². The smallest absolute Gasteiger partial charge is 0.0316 e. The molecule has 0 aromatic rings. The Morgan fingerprint density at radius 1 is 0.457 bits per heavy atom. The maximum absolute atomic E-state index is 3.60. The second-order valence-corrected chi connectivity index (χ2v) is 30.5. The SMILES string of the molecule is C.CC(C)C1=C(C(C)C)NCC1.CC(C)C1=CC(C(C)C)CN1.CC(C)C1=CCC(C(C)C)N1.CC(C)C1=CCCN1C(C)C.CC(C)C1CCCCC1C(C)C.CC(C)C1CCN(C(C)C)CC1.CC(C)C1CCNC(C(C)C)C1. The number of nitrogens with one attached hydrogen (secondary N) is 4. The van der Waals surface area contributed by atoms with Gasteiger partial charge in [-0.1, -0.05) is 205 Å². The molecule has 1 saturated carbocycles. The van der Waals surface area contributed by atoms with Gasteiger partial charge in [0.05, 0.1) is 0 Å². The van der Waals surface area contributed by atoms with E-state index >= 15 is 0 Å². The Hall–Kier alpha value is -1.92. The molecular weight excluding hydrogens is 985 g/mol. The highest BCUT2D eigenvalue weighted by Gasteiger charge is 2.30. The lowest BCUT2D eigenvalue weighted by molar-refractivity contribution is 0.129. The molecule has 0 spiro atoms. The molecule has 0 radical (unpaired) electrons. The standard InChI is InChI=1S/C12H24.2C11H23N.4C10H19N.CH4/c1-9(2)11-7-5-6-8-12(11)10(3)4;1-9(2)11-5-7-12(8-6-11)10(3)4;1-8(2)10-5-6-12-11(7-10)9(3)4;1-7(2)9-5-10(8(3)4)11-6-9;1-8(2)10-6-5-7-11(10)9(3)4;1-7(2)9-5-6-11-10(9)8(3)4;1-7(2)9-5-6-10(11-9)8(3)4;/h9-12H,5-8H2,1-4H3;9-11H,5-8H2,1-4H3;8-12H,5-7H2,1-4H3;5,7-9,11H,6H2,1-4H3;6,8-9H,5,7H2,1-4H3;7-8,11H,5-6H2,1-4H3;5,7-8,10-11H,6H2,1-4H3;1H4. The maximum Gasteiger partial charge on any atom is 0.0316 e. The van der Waals surface area contributed by atoms with Crippen molar-refractivity contribution in [1.82, 2.24) is 31.1 Å². The Morgan fingerprint density at radius 3 is 1.32 bits per heavy atom. The third-order valence-corrected chi connectivity index (χ3v) is 19.4. The van der Waals surface area contributed by atoms with Gasteiger partial charge in [0.2, 0.25) is 0 Å². The molecular formula is C75H150N6. The Bertz CT molecular complexity index is 1650. The molecule has 0 aromatic heterocycles. The first-order valence-corrected chi connectivity index (χ1v) is 34.6. The number of rotatable bonds is 14. The van der Waals surface area contributed by atoms with Crippen molar-refractivity contribution in [2.75, 3.05) is 39.3 Å². The molecule has 0 bridgehead atoms. The summed E-state index contributed by atoms with van der Waals surface area (Å²) in [5.41, 5.74) is 7.55. The van der Waals surface area contributed by atoms with Crippen LogP contribution in [-0.4, -0.2) is 73.2 Å². The van der Waals surface area contributed by atoms with E-state index in [4.69, 9.17) is 0 Å². The van der Waals surface area contributed by atoms with Gasteiger partial charge >= 0.3 is 0 Å². The molecule has 4 N–H and O–H groups in total. The molecule has 6 nitrogen and oxygen atoms in total. The summed E-state index contributed by atoms with van der Waals surface area (Å²) in [6, 6.07) is 2.88. The molecule has 6 aliphatic heterocycles. The highest BCUT2D eigenvalue weighted by Crippen LogP contribution is 2.39. The number of nitrogens with zero attached hydrogens (tertiary/aromatic N) is 2. The molecule has 1 aliphatic carbocycles. The molecule has 0 amide bonds. The van der Waals surface area contributed by atoms with Gasteiger partial charge in [0.25, 0.3) is 0 Å². The summed E-state index contributed by atoms with van der Waals surface area (Å²) in [6.07, 6.45) is 22.3. The fraction of sp³-hybridized carbons (Fsp3) is 0.893. The van der Waals surface area contributed by atoms with E-state index in [1.54, 1.807) is 11.3 Å². The zero-order valence-corrected chi connectivity index (χ0v) is 59.3. The molecule has 7 aliphatic rings. The van der Waals surface area contributed by atoms with Gasteiger partial charge in [0, 0.05) is 66.6 Å². The molecule has 6 heteroatoms. The van der Waals surface area contributed by atoms with E-state index in [9.17, 15) is 0 Å². The highest BCUT2D eigenvalue weighted by molar-refractivity contribution is 5.21. The van der Waals surface area contributed by atoms with Gasteiger partial charge in [-0.05, 0) is 211 Å². The number of piperidine rings is 2. The molecule has 7 rings (SSSR count). The molecule has 2 saturated heterocycles. The molecule has 480 valence electrons. The van der Waals surface area contributed by atoms with Crippen LogP contribution in [0.5, 0.6) is 0 Å². The number of allylic oxidation sites excluding steroid dienone is 4. The molecule has 6 unspecified atom stereocenters. The first kappa shape index (κ1) is 79.1. The van der Waals surface area contributed by atoms with Crippen molar-refractivity contribution in [3.05, 3.63) is 46.6 Å². The van der Waals surface area contributed by atoms with E-state index in [0.717, 1.165) is 102 Å². The normalized spacial score (nSPS) is 24.2. The minimum atomic E-state index is 0. The monoisotopic (exact) mass is 1140 g/mol. The first-order chi connectivity index (χ1) is 37.3. The van der Waals surface area contributed by atoms with Gasteiger partial charge in [-0.25, -0.2) is 0 Å². The van der Waals surface area contributed by atoms with E-state index in [1.807, 2.05) is 0 Å². The summed E-state index contributed by atoms with van der Waals surface area (Å²) in [6.45, 7) is 71.9. The molecule has 3 fully saturated rings. The van der Waals surface area contributed by atoms with E-state index in [2.05, 4.69) is 243 Å². The van der Waals surface area contributed by atoms with Crippen LogP contribution in [-0.2, 0) is 0 Å². The lowest BCUT2D eigenvalue weighted by Crippen LogP contribution is -2.42. The Kier molecular flexibility index (Phi) is 40.2. The van der Waals surface area contributed by atoms with Crippen LogP contribution in [0.1, 0.15) is 272 Å². The summed E-state index contributed by atoms with van der Waals surface area (Å²) in [5, 5.41) is 14.1. The largest absolute Gasteiger partial charge is 0.388 e. The van der Waals surface area contributed by atoms with Gasteiger partial charge in [-0.3, -0.25) is 0 Å². The van der Waals surface area contributed by atoms with Crippen LogP contribution in [0.4, 0.5) is 0 Å². The van der Waals surface area contributed by atoms with Gasteiger partial charge in [-0.15, -0.1) is 0 Å². The predicted molar refractivity (Wildman–Crippen MR) is 368 cm³/mol. The molecule has 81 heavy (non-hydrogen) atoms. The van der Waals surface area contributed by atoms with E-state index in [1.165, 1.54) is 114 Å². The lowest BCUT2D eigenvalue weighted by atomic mass is 9.69. The topological polar surface area (TPSA) is 54.6 Å². The van der Waals surface area contributed by atoms with Crippen molar-refractivity contribution in [2.24, 2.45) is 101 Å². The van der Waals surface area contributed by atoms with Crippen LogP contribution >= 0.6 is 0 Å². The second-order valence-electron chi connectivity index (χ2n) is 30.5. The quantitative estimate of drug-likeness (QED) is 0.139. The zero-order valence-electron chi connectivity index (χ0n) is 59.3. The van der Waals surface area contributed by atoms with Gasteiger partial charge in [0.1, 0.15) is 0 Å². The highest BCUT2D eigenvalue weighted by atomic mass is 15.2. The van der Waals surface area contributed by atoms with Crippen LogP contribution in [0.15, 0.2) is 46.6 Å². The van der Waals surface area contributed by atoms with Crippen LogP contribution < -0.4 is 21.3 Å². The summed E-state index contributed by atoms with van der Waals surface area (Å²) in [4.78, 5) is 5.10. The third-order valence-electron chi connectivity index (χ3n) is 19.4. The number of hydrogen-bond acceptors (Lipinski definition) is 6. The Morgan fingerprint density at radius 2 is 0.988 bits per heavy atom. The van der Waals surface area contributed by atoms with Crippen molar-refractivity contribution < 1.29 is 0 Å². The minimum absolute atomic E-state index is 0. The van der Waals surface area contributed by atoms with E-state index < -0.39 is 0 Å². The van der Waals surface area contributed by atoms with Crippen LogP contribution in [0.2, 0.25) is 0 Å². The van der Waals surface area contributed by atoms with Crippen LogP contribution in [0.25, 0.3) is 0 Å². The number of hydrogen-bond donors (Lipinski definition) is 4. The van der Waals surface area contributed by atoms with E-state index in [0.29, 0.717) is 35.8 Å². The maximum atomic E-state index is 3.60. The molecule has 6 heterocycles. The van der Waals surface area contributed by atoms with Gasteiger partial charge < -0.3 is 31.1 Å². The van der Waals surface area contributed by atoms with Crippen LogP contribution in [0, 0.1) is 101 Å². The summed E-state index contributed by atoms with van der Waals surface area (Å²) in [7, 11) is 0. The van der Waals surface area contributed by atoms with Crippen LogP contribution in [0.3, 0.4) is 0 Å². The fourth-order valence-electron chi connectivity index (χ4n) is 13.4. The fourth-order valence-corrected chi connectivity index (χ4v) is 13.4. The lowest BCUT2D eigenvalue weighted by Gasteiger charge is -2.37. The van der Waals surface area contributed by atoms with Crippen molar-refractivity contribution in [3.8, 4) is 0 Å². The van der Waals surface area contributed by atoms with Crippen molar-refractivity contribution in [1.29, 1.82) is 0 Å². The van der Waals surface area contributed by atoms with Crippen molar-refractivity contribution in [2.45, 2.75) is 296 Å². The van der Waals surface area contributed by atoms with Crippen molar-refractivity contribution in [3.63, 3.8) is 0 Å². The van der Waals surface area contributed by atoms with Gasteiger partial charge in [-0.2, -0.15) is 0 Å². The summed E-state index contributed by atoms with van der Waals surface area (Å²) in [5.74, 6) is 14.0. The first-order valence-electron chi connectivity index (χ1n) is 34.6. The average molecular weight is 1140 g/mol. The van der Waals surface area contributed by atoms with Gasteiger partial charge in [0.15, 0.2) is 0 Å². The number of likely N-dealkylation sites (tertiary alicyclic amines) is 1. The summed E-state index contributed by atoms with van der Waals surface area (Å²) < 4.78 is 0. The zero-order chi connectivity index (χ0) is 61.1. The Labute approximate surface area is 511 Å².